The highest BCUT2D eigenvalue weighted by atomic mass is 79.9. The number of anilines is 1. The number of halogens is 3. The average molecular weight is 386 g/mol. The van der Waals surface area contributed by atoms with Crippen LogP contribution >= 0.6 is 39.3 Å². The fourth-order valence-electron chi connectivity index (χ4n) is 2.06. The van der Waals surface area contributed by atoms with E-state index >= 15 is 0 Å². The summed E-state index contributed by atoms with van der Waals surface area (Å²) in [5.74, 6) is 0.503. The van der Waals surface area contributed by atoms with E-state index in [1.54, 1.807) is 11.8 Å². The highest BCUT2D eigenvalue weighted by Gasteiger charge is 2.21. The van der Waals surface area contributed by atoms with Crippen molar-refractivity contribution in [3.63, 3.8) is 0 Å². The molecule has 0 saturated carbocycles. The second-order valence-corrected chi connectivity index (χ2v) is 6.81. The molecule has 0 aliphatic carbocycles. The molecule has 0 spiro atoms. The number of benzene rings is 2. The number of amidine groups is 1. The summed E-state index contributed by atoms with van der Waals surface area (Å²) < 4.78 is 13.8. The van der Waals surface area contributed by atoms with E-state index in [1.165, 1.54) is 17.7 Å². The SMILES string of the molecule is Fc1cc(Cl)c(NC2=NC(c3ccccc3)CS2)c(Br)c1. The molecule has 1 aliphatic heterocycles. The van der Waals surface area contributed by atoms with Gasteiger partial charge in [0, 0.05) is 10.2 Å². The molecule has 2 aromatic rings. The lowest BCUT2D eigenvalue weighted by Crippen LogP contribution is -2.06. The van der Waals surface area contributed by atoms with Gasteiger partial charge in [0.05, 0.1) is 16.8 Å². The van der Waals surface area contributed by atoms with Gasteiger partial charge in [-0.15, -0.1) is 0 Å². The monoisotopic (exact) mass is 384 g/mol. The molecule has 1 unspecified atom stereocenters. The van der Waals surface area contributed by atoms with Crippen LogP contribution in [0.2, 0.25) is 5.02 Å². The first kappa shape index (κ1) is 14.9. The second kappa shape index (κ2) is 6.38. The first-order valence-corrected chi connectivity index (χ1v) is 8.46. The summed E-state index contributed by atoms with van der Waals surface area (Å²) in [4.78, 5) is 4.65. The van der Waals surface area contributed by atoms with Crippen LogP contribution in [0, 0.1) is 5.82 Å². The molecule has 1 atom stereocenters. The summed E-state index contributed by atoms with van der Waals surface area (Å²) >= 11 is 11.0. The summed E-state index contributed by atoms with van der Waals surface area (Å²) in [5.41, 5.74) is 1.82. The van der Waals surface area contributed by atoms with E-state index in [2.05, 4.69) is 38.4 Å². The van der Waals surface area contributed by atoms with Gasteiger partial charge in [-0.05, 0) is 33.6 Å². The number of hydrogen-bond acceptors (Lipinski definition) is 3. The largest absolute Gasteiger partial charge is 0.333 e. The van der Waals surface area contributed by atoms with Crippen molar-refractivity contribution in [2.75, 3.05) is 11.1 Å². The molecule has 2 nitrogen and oxygen atoms in total. The Hall–Kier alpha value is -1.04. The van der Waals surface area contributed by atoms with Crippen molar-refractivity contribution in [2.45, 2.75) is 6.04 Å². The minimum atomic E-state index is -0.374. The highest BCUT2D eigenvalue weighted by Crippen LogP contribution is 2.35. The molecular formula is C15H11BrClFN2S. The van der Waals surface area contributed by atoms with Gasteiger partial charge in [0.15, 0.2) is 5.17 Å². The van der Waals surface area contributed by atoms with Crippen LogP contribution in [0.3, 0.4) is 0 Å². The molecule has 21 heavy (non-hydrogen) atoms. The Bertz CT molecular complexity index is 670. The number of hydrogen-bond donors (Lipinski definition) is 1. The van der Waals surface area contributed by atoms with Crippen LogP contribution in [0.25, 0.3) is 0 Å². The zero-order chi connectivity index (χ0) is 14.8. The van der Waals surface area contributed by atoms with Crippen molar-refractivity contribution in [1.29, 1.82) is 0 Å². The van der Waals surface area contributed by atoms with E-state index in [0.717, 1.165) is 10.9 Å². The summed E-state index contributed by atoms with van der Waals surface area (Å²) in [7, 11) is 0. The Labute approximate surface area is 139 Å². The molecule has 3 rings (SSSR count). The number of rotatable bonds is 2. The maximum Gasteiger partial charge on any atom is 0.161 e. The van der Waals surface area contributed by atoms with Crippen LogP contribution in [-0.2, 0) is 0 Å². The van der Waals surface area contributed by atoms with Crippen LogP contribution in [0.5, 0.6) is 0 Å². The Kier molecular flexibility index (Phi) is 4.52. The van der Waals surface area contributed by atoms with Crippen molar-refractivity contribution in [3.05, 3.63) is 63.3 Å². The quantitative estimate of drug-likeness (QED) is 0.738. The second-order valence-electron chi connectivity index (χ2n) is 4.54. The fourth-order valence-corrected chi connectivity index (χ4v) is 3.91. The fraction of sp³-hybridized carbons (Fsp3) is 0.133. The van der Waals surface area contributed by atoms with Crippen molar-refractivity contribution >= 4 is 50.1 Å². The third-order valence-electron chi connectivity index (χ3n) is 3.07. The Morgan fingerprint density at radius 3 is 2.76 bits per heavy atom. The van der Waals surface area contributed by atoms with Crippen molar-refractivity contribution in [3.8, 4) is 0 Å². The van der Waals surface area contributed by atoms with E-state index in [1.807, 2.05) is 18.2 Å². The number of nitrogens with one attached hydrogen (secondary N) is 1. The van der Waals surface area contributed by atoms with E-state index in [-0.39, 0.29) is 11.9 Å². The summed E-state index contributed by atoms with van der Waals surface area (Å²) in [5, 5.41) is 4.29. The zero-order valence-corrected chi connectivity index (χ0v) is 14.0. The Morgan fingerprint density at radius 1 is 1.29 bits per heavy atom. The van der Waals surface area contributed by atoms with Gasteiger partial charge in [0.25, 0.3) is 0 Å². The molecule has 0 saturated heterocycles. The summed E-state index contributed by atoms with van der Waals surface area (Å²) in [6, 6.07) is 12.9. The minimum Gasteiger partial charge on any atom is -0.333 e. The molecule has 0 aromatic heterocycles. The molecule has 108 valence electrons. The Morgan fingerprint density at radius 2 is 2.05 bits per heavy atom. The lowest BCUT2D eigenvalue weighted by molar-refractivity contribution is 0.627. The van der Waals surface area contributed by atoms with Gasteiger partial charge >= 0.3 is 0 Å². The predicted octanol–water partition coefficient (Wildman–Crippen LogP) is 5.50. The van der Waals surface area contributed by atoms with E-state index in [0.29, 0.717) is 15.2 Å². The molecule has 0 fully saturated rings. The zero-order valence-electron chi connectivity index (χ0n) is 10.8. The van der Waals surface area contributed by atoms with E-state index in [4.69, 9.17) is 11.6 Å². The van der Waals surface area contributed by atoms with E-state index in [9.17, 15) is 4.39 Å². The third-order valence-corrected chi connectivity index (χ3v) is 4.96. The molecule has 0 bridgehead atoms. The average Bonchev–Trinajstić information content (AvgIpc) is 2.92. The van der Waals surface area contributed by atoms with Gasteiger partial charge in [0.1, 0.15) is 5.82 Å². The van der Waals surface area contributed by atoms with Crippen LogP contribution in [0.1, 0.15) is 11.6 Å². The summed E-state index contributed by atoms with van der Waals surface area (Å²) in [6.07, 6.45) is 0. The minimum absolute atomic E-state index is 0.136. The van der Waals surface area contributed by atoms with Crippen molar-refractivity contribution in [2.24, 2.45) is 4.99 Å². The van der Waals surface area contributed by atoms with Crippen LogP contribution in [-0.4, -0.2) is 10.9 Å². The molecular weight excluding hydrogens is 375 g/mol. The molecule has 1 aliphatic rings. The van der Waals surface area contributed by atoms with Crippen LogP contribution in [0.15, 0.2) is 51.9 Å². The number of nitrogens with zero attached hydrogens (tertiary/aromatic N) is 1. The third kappa shape index (κ3) is 3.42. The lowest BCUT2D eigenvalue weighted by Gasteiger charge is -2.09. The first-order valence-electron chi connectivity index (χ1n) is 6.30. The predicted molar refractivity (Wildman–Crippen MR) is 91.8 cm³/mol. The maximum atomic E-state index is 13.2. The van der Waals surface area contributed by atoms with Crippen LogP contribution in [0.4, 0.5) is 10.1 Å². The molecule has 0 amide bonds. The molecule has 0 radical (unpaired) electrons. The smallest absolute Gasteiger partial charge is 0.161 e. The maximum absolute atomic E-state index is 13.2. The van der Waals surface area contributed by atoms with Crippen molar-refractivity contribution < 1.29 is 4.39 Å². The summed E-state index contributed by atoms with van der Waals surface area (Å²) in [6.45, 7) is 0. The molecule has 1 N–H and O–H groups in total. The number of thioether (sulfide) groups is 1. The van der Waals surface area contributed by atoms with Gasteiger partial charge in [-0.3, -0.25) is 4.99 Å². The van der Waals surface area contributed by atoms with Crippen LogP contribution < -0.4 is 5.32 Å². The van der Waals surface area contributed by atoms with Gasteiger partial charge in [-0.25, -0.2) is 4.39 Å². The highest BCUT2D eigenvalue weighted by molar-refractivity contribution is 9.10. The van der Waals surface area contributed by atoms with Gasteiger partial charge in [-0.1, -0.05) is 53.7 Å². The molecule has 1 heterocycles. The van der Waals surface area contributed by atoms with Gasteiger partial charge in [0.2, 0.25) is 0 Å². The first-order chi connectivity index (χ1) is 10.1. The van der Waals surface area contributed by atoms with Crippen molar-refractivity contribution in [1.82, 2.24) is 0 Å². The molecule has 6 heteroatoms. The lowest BCUT2D eigenvalue weighted by atomic mass is 10.1. The normalized spacial score (nSPS) is 17.7. The molecule has 2 aromatic carbocycles. The Balaban J connectivity index is 1.81. The van der Waals surface area contributed by atoms with Gasteiger partial charge in [-0.2, -0.15) is 0 Å². The number of aliphatic imine (C=N–C) groups is 1. The van der Waals surface area contributed by atoms with E-state index < -0.39 is 0 Å². The topological polar surface area (TPSA) is 24.4 Å². The standard InChI is InChI=1S/C15H11BrClFN2S/c16-11-6-10(18)7-12(17)14(11)20-15-19-13(8-21-15)9-4-2-1-3-5-9/h1-7,13H,8H2,(H,19,20). The van der Waals surface area contributed by atoms with Gasteiger partial charge < -0.3 is 5.32 Å².